The fourth-order valence-electron chi connectivity index (χ4n) is 2.27. The van der Waals surface area contributed by atoms with Gasteiger partial charge in [0.05, 0.1) is 13.7 Å². The van der Waals surface area contributed by atoms with Crippen molar-refractivity contribution in [2.45, 2.75) is 19.4 Å². The van der Waals surface area contributed by atoms with E-state index in [4.69, 9.17) is 4.74 Å². The van der Waals surface area contributed by atoms with Crippen molar-refractivity contribution in [1.29, 1.82) is 0 Å². The highest BCUT2D eigenvalue weighted by Crippen LogP contribution is 2.10. The summed E-state index contributed by atoms with van der Waals surface area (Å²) in [6.45, 7) is 0.250. The lowest BCUT2D eigenvalue weighted by molar-refractivity contribution is -0.126. The van der Waals surface area contributed by atoms with Crippen molar-refractivity contribution in [3.63, 3.8) is 0 Å². The minimum absolute atomic E-state index is 0.0550. The van der Waals surface area contributed by atoms with E-state index >= 15 is 0 Å². The molecule has 2 aromatic rings. The van der Waals surface area contributed by atoms with Gasteiger partial charge in [-0.15, -0.1) is 0 Å². The van der Waals surface area contributed by atoms with Gasteiger partial charge in [-0.1, -0.05) is 42.5 Å². The number of carbonyl (C=O) groups is 3. The van der Waals surface area contributed by atoms with Crippen LogP contribution in [0.2, 0.25) is 0 Å². The first kappa shape index (κ1) is 19.2. The topological polar surface area (TPSA) is 84.5 Å². The van der Waals surface area contributed by atoms with Gasteiger partial charge in [-0.2, -0.15) is 0 Å². The number of benzene rings is 2. The van der Waals surface area contributed by atoms with E-state index in [2.05, 4.69) is 10.6 Å². The number of nitrogens with one attached hydrogen (secondary N) is 2. The molecule has 0 aromatic heterocycles. The standard InChI is InChI=1S/C20H22N2O4/c1-26-17-9-7-15(8-10-17)13-21-20(25)14-22-19(24)12-11-18(23)16-5-3-2-4-6-16/h2-10H,11-14H2,1H3,(H,21,25)(H,22,24). The van der Waals surface area contributed by atoms with Crippen LogP contribution in [0.4, 0.5) is 0 Å². The highest BCUT2D eigenvalue weighted by atomic mass is 16.5. The second kappa shape index (κ2) is 9.98. The third-order valence-corrected chi connectivity index (χ3v) is 3.77. The van der Waals surface area contributed by atoms with Crippen LogP contribution in [0.3, 0.4) is 0 Å². The summed E-state index contributed by atoms with van der Waals surface area (Å²) in [5.74, 6) is 0.0412. The van der Waals surface area contributed by atoms with Crippen molar-refractivity contribution < 1.29 is 19.1 Å². The van der Waals surface area contributed by atoms with Crippen molar-refractivity contribution in [3.05, 3.63) is 65.7 Å². The Bertz CT molecular complexity index is 742. The summed E-state index contributed by atoms with van der Waals surface area (Å²) in [4.78, 5) is 35.5. The molecule has 136 valence electrons. The van der Waals surface area contributed by atoms with Crippen LogP contribution in [0.5, 0.6) is 5.75 Å². The molecular weight excluding hydrogens is 332 g/mol. The van der Waals surface area contributed by atoms with Crippen molar-refractivity contribution >= 4 is 17.6 Å². The highest BCUT2D eigenvalue weighted by molar-refractivity contribution is 5.98. The molecule has 0 bridgehead atoms. The Balaban J connectivity index is 1.65. The van der Waals surface area contributed by atoms with Crippen LogP contribution >= 0.6 is 0 Å². The van der Waals surface area contributed by atoms with Crippen LogP contribution in [-0.2, 0) is 16.1 Å². The Morgan fingerprint density at radius 1 is 0.846 bits per heavy atom. The molecule has 0 aliphatic carbocycles. The quantitative estimate of drug-likeness (QED) is 0.676. The molecule has 0 atom stereocenters. The number of hydrogen-bond acceptors (Lipinski definition) is 4. The van der Waals surface area contributed by atoms with Gasteiger partial charge in [0.1, 0.15) is 5.75 Å². The van der Waals surface area contributed by atoms with Gasteiger partial charge in [0, 0.05) is 24.9 Å². The molecule has 0 saturated carbocycles. The van der Waals surface area contributed by atoms with E-state index in [9.17, 15) is 14.4 Å². The minimum atomic E-state index is -0.325. The number of hydrogen-bond donors (Lipinski definition) is 2. The molecule has 0 unspecified atom stereocenters. The summed E-state index contributed by atoms with van der Waals surface area (Å²) in [6, 6.07) is 16.1. The highest BCUT2D eigenvalue weighted by Gasteiger charge is 2.10. The zero-order chi connectivity index (χ0) is 18.8. The number of methoxy groups -OCH3 is 1. The first-order valence-electron chi connectivity index (χ1n) is 8.33. The summed E-state index contributed by atoms with van der Waals surface area (Å²) >= 11 is 0. The molecule has 0 aliphatic rings. The molecule has 0 saturated heterocycles. The first-order chi connectivity index (χ1) is 12.6. The van der Waals surface area contributed by atoms with Crippen LogP contribution in [-0.4, -0.2) is 31.3 Å². The Hall–Kier alpha value is -3.15. The molecule has 2 aromatic carbocycles. The second-order valence-corrected chi connectivity index (χ2v) is 5.69. The van der Waals surface area contributed by atoms with E-state index in [-0.39, 0.29) is 37.0 Å². The van der Waals surface area contributed by atoms with Crippen molar-refractivity contribution in [2.75, 3.05) is 13.7 Å². The number of Topliss-reactive ketones (excluding diaryl/α,β-unsaturated/α-hetero) is 1. The molecule has 0 fully saturated rings. The lowest BCUT2D eigenvalue weighted by atomic mass is 10.1. The summed E-state index contributed by atoms with van der Waals surface area (Å²) in [5, 5.41) is 5.24. The normalized spacial score (nSPS) is 10.0. The zero-order valence-corrected chi connectivity index (χ0v) is 14.7. The van der Waals surface area contributed by atoms with Gasteiger partial charge in [0.15, 0.2) is 5.78 Å². The smallest absolute Gasteiger partial charge is 0.239 e. The zero-order valence-electron chi connectivity index (χ0n) is 14.7. The number of ketones is 1. The second-order valence-electron chi connectivity index (χ2n) is 5.69. The van der Waals surface area contributed by atoms with E-state index in [0.29, 0.717) is 12.1 Å². The van der Waals surface area contributed by atoms with E-state index in [1.807, 2.05) is 30.3 Å². The Labute approximate surface area is 152 Å². The molecule has 2 N–H and O–H groups in total. The number of rotatable bonds is 9. The monoisotopic (exact) mass is 354 g/mol. The van der Waals surface area contributed by atoms with Gasteiger partial charge < -0.3 is 15.4 Å². The summed E-state index contributed by atoms with van der Waals surface area (Å²) < 4.78 is 5.07. The fourth-order valence-corrected chi connectivity index (χ4v) is 2.27. The van der Waals surface area contributed by atoms with Crippen LogP contribution < -0.4 is 15.4 Å². The Kier molecular flexibility index (Phi) is 7.36. The van der Waals surface area contributed by atoms with Gasteiger partial charge in [-0.25, -0.2) is 0 Å². The van der Waals surface area contributed by atoms with Crippen LogP contribution in [0.1, 0.15) is 28.8 Å². The van der Waals surface area contributed by atoms with E-state index < -0.39 is 0 Å². The molecule has 26 heavy (non-hydrogen) atoms. The van der Waals surface area contributed by atoms with Crippen molar-refractivity contribution in [1.82, 2.24) is 10.6 Å². The van der Waals surface area contributed by atoms with E-state index in [1.54, 1.807) is 31.4 Å². The maximum absolute atomic E-state index is 11.9. The van der Waals surface area contributed by atoms with Crippen LogP contribution in [0.15, 0.2) is 54.6 Å². The van der Waals surface area contributed by atoms with Crippen LogP contribution in [0.25, 0.3) is 0 Å². The summed E-state index contributed by atoms with van der Waals surface area (Å²) in [7, 11) is 1.59. The fraction of sp³-hybridized carbons (Fsp3) is 0.250. The summed E-state index contributed by atoms with van der Waals surface area (Å²) in [5.41, 5.74) is 1.51. The predicted octanol–water partition coefficient (Wildman–Crippen LogP) is 2.09. The molecular formula is C20H22N2O4. The van der Waals surface area contributed by atoms with E-state index in [1.165, 1.54) is 0 Å². The Morgan fingerprint density at radius 3 is 2.19 bits per heavy atom. The maximum Gasteiger partial charge on any atom is 0.239 e. The Morgan fingerprint density at radius 2 is 1.54 bits per heavy atom. The van der Waals surface area contributed by atoms with Gasteiger partial charge in [-0.3, -0.25) is 14.4 Å². The largest absolute Gasteiger partial charge is 0.497 e. The molecule has 2 amide bonds. The van der Waals surface area contributed by atoms with Gasteiger partial charge >= 0.3 is 0 Å². The predicted molar refractivity (Wildman–Crippen MR) is 97.9 cm³/mol. The number of ether oxygens (including phenoxy) is 1. The number of amides is 2. The van der Waals surface area contributed by atoms with E-state index in [0.717, 1.165) is 11.3 Å². The third kappa shape index (κ3) is 6.39. The van der Waals surface area contributed by atoms with Gasteiger partial charge in [0.25, 0.3) is 0 Å². The van der Waals surface area contributed by atoms with Crippen LogP contribution in [0, 0.1) is 0 Å². The minimum Gasteiger partial charge on any atom is -0.497 e. The average molecular weight is 354 g/mol. The van der Waals surface area contributed by atoms with Crippen molar-refractivity contribution in [2.24, 2.45) is 0 Å². The molecule has 0 radical (unpaired) electrons. The molecule has 2 rings (SSSR count). The lowest BCUT2D eigenvalue weighted by Gasteiger charge is -2.08. The van der Waals surface area contributed by atoms with Crippen molar-refractivity contribution in [3.8, 4) is 5.75 Å². The molecule has 0 aliphatic heterocycles. The number of carbonyl (C=O) groups excluding carboxylic acids is 3. The third-order valence-electron chi connectivity index (χ3n) is 3.77. The molecule has 6 nitrogen and oxygen atoms in total. The first-order valence-corrected chi connectivity index (χ1v) is 8.33. The SMILES string of the molecule is COc1ccc(CNC(=O)CNC(=O)CCC(=O)c2ccccc2)cc1. The molecule has 0 spiro atoms. The maximum atomic E-state index is 11.9. The lowest BCUT2D eigenvalue weighted by Crippen LogP contribution is -2.36. The van der Waals surface area contributed by atoms with Gasteiger partial charge in [-0.05, 0) is 17.7 Å². The molecule has 6 heteroatoms. The summed E-state index contributed by atoms with van der Waals surface area (Å²) in [6.07, 6.45) is 0.169. The van der Waals surface area contributed by atoms with Gasteiger partial charge in [0.2, 0.25) is 11.8 Å². The average Bonchev–Trinajstić information content (AvgIpc) is 2.69. The molecule has 0 heterocycles.